The number of ether oxygens (including phenoxy) is 2. The van der Waals surface area contributed by atoms with Crippen LogP contribution in [0.4, 0.5) is 4.79 Å². The van der Waals surface area contributed by atoms with Crippen molar-refractivity contribution in [2.75, 3.05) is 20.2 Å². The fraction of sp³-hybridized carbons (Fsp3) is 0.571. The summed E-state index contributed by atoms with van der Waals surface area (Å²) in [5, 5.41) is 0. The Morgan fingerprint density at radius 2 is 2.15 bits per heavy atom. The number of carbonyl (C=O) groups is 1. The highest BCUT2D eigenvalue weighted by molar-refractivity contribution is 5.67. The van der Waals surface area contributed by atoms with E-state index in [1.165, 1.54) is 4.90 Å². The van der Waals surface area contributed by atoms with Crippen molar-refractivity contribution in [1.82, 2.24) is 9.88 Å². The first-order chi connectivity index (χ1) is 9.33. The molecule has 0 saturated heterocycles. The van der Waals surface area contributed by atoms with Crippen LogP contribution in [0, 0.1) is 0 Å². The van der Waals surface area contributed by atoms with Gasteiger partial charge >= 0.3 is 6.09 Å². The number of nitrogens with zero attached hydrogens (tertiary/aromatic N) is 2. The van der Waals surface area contributed by atoms with Gasteiger partial charge in [0, 0.05) is 25.4 Å². The van der Waals surface area contributed by atoms with E-state index in [0.717, 1.165) is 5.56 Å². The Balaban J connectivity index is 2.42. The molecule has 0 aliphatic rings. The molecule has 1 aromatic rings. The van der Waals surface area contributed by atoms with Gasteiger partial charge in [0.05, 0.1) is 12.7 Å². The summed E-state index contributed by atoms with van der Waals surface area (Å²) in [5.41, 5.74) is 6.00. The maximum atomic E-state index is 11.7. The number of hydrogen-bond donors (Lipinski definition) is 1. The second kappa shape index (κ2) is 7.09. The number of pyridine rings is 1. The Morgan fingerprint density at radius 1 is 1.45 bits per heavy atom. The van der Waals surface area contributed by atoms with Crippen LogP contribution in [0.2, 0.25) is 0 Å². The summed E-state index contributed by atoms with van der Waals surface area (Å²) in [6.45, 7) is 6.66. The molecule has 0 aromatic carbocycles. The molecule has 20 heavy (non-hydrogen) atoms. The van der Waals surface area contributed by atoms with Gasteiger partial charge in [-0.1, -0.05) is 0 Å². The van der Waals surface area contributed by atoms with Gasteiger partial charge in [-0.3, -0.25) is 4.98 Å². The molecule has 0 radical (unpaired) electrons. The van der Waals surface area contributed by atoms with Crippen molar-refractivity contribution >= 4 is 6.09 Å². The van der Waals surface area contributed by atoms with Crippen molar-refractivity contribution in [3.05, 3.63) is 24.0 Å². The van der Waals surface area contributed by atoms with Gasteiger partial charge in [0.25, 0.3) is 0 Å². The third kappa shape index (κ3) is 5.44. The fourth-order valence-electron chi connectivity index (χ4n) is 1.43. The second-order valence-corrected chi connectivity index (χ2v) is 5.44. The van der Waals surface area contributed by atoms with E-state index in [-0.39, 0.29) is 6.09 Å². The van der Waals surface area contributed by atoms with Crippen molar-refractivity contribution in [1.29, 1.82) is 0 Å². The molecule has 2 N–H and O–H groups in total. The van der Waals surface area contributed by atoms with Gasteiger partial charge in [-0.2, -0.15) is 0 Å². The zero-order valence-electron chi connectivity index (χ0n) is 12.5. The van der Waals surface area contributed by atoms with Crippen LogP contribution in [0.5, 0.6) is 5.75 Å². The summed E-state index contributed by atoms with van der Waals surface area (Å²) in [6, 6.07) is 1.81. The molecular formula is C14H23N3O3. The Bertz CT molecular complexity index is 444. The molecule has 0 aliphatic heterocycles. The summed E-state index contributed by atoms with van der Waals surface area (Å²) in [7, 11) is 1.67. The van der Waals surface area contributed by atoms with E-state index >= 15 is 0 Å². The molecule has 112 valence electrons. The minimum Gasteiger partial charge on any atom is -0.490 e. The Kier molecular flexibility index (Phi) is 5.76. The first-order valence-electron chi connectivity index (χ1n) is 6.53. The van der Waals surface area contributed by atoms with Crippen LogP contribution in [-0.2, 0) is 11.3 Å². The number of amides is 1. The summed E-state index contributed by atoms with van der Waals surface area (Å²) >= 11 is 0. The minimum absolute atomic E-state index is 0.356. The van der Waals surface area contributed by atoms with E-state index in [0.29, 0.717) is 25.4 Å². The molecule has 0 saturated carbocycles. The summed E-state index contributed by atoms with van der Waals surface area (Å²) in [4.78, 5) is 17.2. The third-order valence-corrected chi connectivity index (χ3v) is 2.48. The predicted octanol–water partition coefficient (Wildman–Crippen LogP) is 1.79. The number of nitrogens with two attached hydrogens (primary N) is 1. The van der Waals surface area contributed by atoms with E-state index in [1.807, 2.05) is 26.8 Å². The summed E-state index contributed by atoms with van der Waals surface area (Å²) in [6.07, 6.45) is 2.92. The topological polar surface area (TPSA) is 77.7 Å². The lowest BCUT2D eigenvalue weighted by atomic mass is 10.2. The van der Waals surface area contributed by atoms with Gasteiger partial charge in [-0.25, -0.2) is 4.79 Å². The van der Waals surface area contributed by atoms with E-state index in [4.69, 9.17) is 15.2 Å². The monoisotopic (exact) mass is 281 g/mol. The SMILES string of the molecule is CN(CCOc1cnccc1CN)C(=O)OC(C)(C)C. The molecule has 0 bridgehead atoms. The number of carbonyl (C=O) groups excluding carboxylic acids is 1. The van der Waals surface area contributed by atoms with E-state index in [2.05, 4.69) is 4.98 Å². The van der Waals surface area contributed by atoms with Crippen LogP contribution < -0.4 is 10.5 Å². The van der Waals surface area contributed by atoms with E-state index in [1.54, 1.807) is 19.4 Å². The Labute approximate surface area is 119 Å². The first kappa shape index (κ1) is 16.2. The smallest absolute Gasteiger partial charge is 0.410 e. The highest BCUT2D eigenvalue weighted by Crippen LogP contribution is 2.15. The predicted molar refractivity (Wildman–Crippen MR) is 76.5 cm³/mol. The maximum Gasteiger partial charge on any atom is 0.410 e. The quantitative estimate of drug-likeness (QED) is 0.890. The Morgan fingerprint density at radius 3 is 2.75 bits per heavy atom. The molecule has 0 aliphatic carbocycles. The van der Waals surface area contributed by atoms with E-state index in [9.17, 15) is 4.79 Å². The van der Waals surface area contributed by atoms with Gasteiger partial charge in [0.1, 0.15) is 18.0 Å². The second-order valence-electron chi connectivity index (χ2n) is 5.44. The van der Waals surface area contributed by atoms with Gasteiger partial charge in [0.15, 0.2) is 0 Å². The fourth-order valence-corrected chi connectivity index (χ4v) is 1.43. The zero-order valence-corrected chi connectivity index (χ0v) is 12.5. The minimum atomic E-state index is -0.498. The zero-order chi connectivity index (χ0) is 15.2. The van der Waals surface area contributed by atoms with Gasteiger partial charge in [-0.15, -0.1) is 0 Å². The molecule has 1 aromatic heterocycles. The average Bonchev–Trinajstić information content (AvgIpc) is 2.37. The molecule has 0 fully saturated rings. The molecule has 0 spiro atoms. The standard InChI is InChI=1S/C14H23N3O3/c1-14(2,3)20-13(18)17(4)7-8-19-12-10-16-6-5-11(12)9-15/h5-6,10H,7-9,15H2,1-4H3. The third-order valence-electron chi connectivity index (χ3n) is 2.48. The van der Waals surface area contributed by atoms with Crippen molar-refractivity contribution in [2.45, 2.75) is 32.9 Å². The first-order valence-corrected chi connectivity index (χ1v) is 6.53. The summed E-state index contributed by atoms with van der Waals surface area (Å²) < 4.78 is 10.8. The largest absolute Gasteiger partial charge is 0.490 e. The van der Waals surface area contributed by atoms with Crippen LogP contribution in [0.15, 0.2) is 18.5 Å². The molecule has 6 heteroatoms. The molecule has 0 atom stereocenters. The van der Waals surface area contributed by atoms with E-state index < -0.39 is 5.60 Å². The van der Waals surface area contributed by atoms with Crippen LogP contribution >= 0.6 is 0 Å². The molecular weight excluding hydrogens is 258 g/mol. The lowest BCUT2D eigenvalue weighted by molar-refractivity contribution is 0.0278. The molecule has 1 rings (SSSR count). The van der Waals surface area contributed by atoms with Crippen LogP contribution in [-0.4, -0.2) is 41.8 Å². The molecule has 6 nitrogen and oxygen atoms in total. The summed E-state index contributed by atoms with van der Waals surface area (Å²) in [5.74, 6) is 0.646. The number of rotatable bonds is 5. The Hall–Kier alpha value is -1.82. The van der Waals surface area contributed by atoms with Gasteiger partial charge in [0.2, 0.25) is 0 Å². The van der Waals surface area contributed by atoms with Gasteiger partial charge < -0.3 is 20.1 Å². The lowest BCUT2D eigenvalue weighted by Crippen LogP contribution is -2.36. The highest BCUT2D eigenvalue weighted by atomic mass is 16.6. The molecule has 1 amide bonds. The average molecular weight is 281 g/mol. The van der Waals surface area contributed by atoms with Crippen LogP contribution in [0.3, 0.4) is 0 Å². The normalized spacial score (nSPS) is 11.1. The molecule has 0 unspecified atom stereocenters. The van der Waals surface area contributed by atoms with Crippen molar-refractivity contribution in [3.8, 4) is 5.75 Å². The van der Waals surface area contributed by atoms with Crippen molar-refractivity contribution in [2.24, 2.45) is 5.73 Å². The number of likely N-dealkylation sites (N-methyl/N-ethyl adjacent to an activating group) is 1. The maximum absolute atomic E-state index is 11.7. The molecule has 1 heterocycles. The van der Waals surface area contributed by atoms with Crippen LogP contribution in [0.1, 0.15) is 26.3 Å². The number of hydrogen-bond acceptors (Lipinski definition) is 5. The van der Waals surface area contributed by atoms with Gasteiger partial charge in [-0.05, 0) is 26.8 Å². The van der Waals surface area contributed by atoms with Crippen molar-refractivity contribution in [3.63, 3.8) is 0 Å². The van der Waals surface area contributed by atoms with Crippen molar-refractivity contribution < 1.29 is 14.3 Å². The van der Waals surface area contributed by atoms with Crippen LogP contribution in [0.25, 0.3) is 0 Å². The highest BCUT2D eigenvalue weighted by Gasteiger charge is 2.19. The number of aromatic nitrogens is 1. The lowest BCUT2D eigenvalue weighted by Gasteiger charge is -2.24.